The molecule has 0 bridgehead atoms. The maximum atomic E-state index is 5.28. The Balaban J connectivity index is 1.87. The lowest BCUT2D eigenvalue weighted by molar-refractivity contribution is 0.277. The molecule has 24 heavy (non-hydrogen) atoms. The van der Waals surface area contributed by atoms with Crippen LogP contribution in [-0.4, -0.2) is 37.0 Å². The highest BCUT2D eigenvalue weighted by molar-refractivity contribution is 5.79. The lowest BCUT2D eigenvalue weighted by Crippen LogP contribution is -2.37. The van der Waals surface area contributed by atoms with Gasteiger partial charge in [-0.2, -0.15) is 0 Å². The van der Waals surface area contributed by atoms with Crippen LogP contribution in [0.5, 0.6) is 0 Å². The first-order valence-electron chi connectivity index (χ1n) is 9.07. The Morgan fingerprint density at radius 2 is 1.75 bits per heavy atom. The van der Waals surface area contributed by atoms with Gasteiger partial charge in [0, 0.05) is 13.1 Å². The van der Waals surface area contributed by atoms with Crippen molar-refractivity contribution in [2.75, 3.05) is 26.2 Å². The second-order valence-corrected chi connectivity index (χ2v) is 6.26. The van der Waals surface area contributed by atoms with E-state index in [9.17, 15) is 0 Å². The third-order valence-corrected chi connectivity index (χ3v) is 4.25. The average molecular weight is 326 g/mol. The van der Waals surface area contributed by atoms with Gasteiger partial charge in [0.15, 0.2) is 5.96 Å². The first kappa shape index (κ1) is 18.4. The van der Waals surface area contributed by atoms with Crippen molar-refractivity contribution < 1.29 is 0 Å². The fraction of sp³-hybridized carbons (Fsp3) is 0.550. The van der Waals surface area contributed by atoms with Crippen molar-refractivity contribution in [2.45, 2.75) is 45.7 Å². The largest absolute Gasteiger partial charge is 0.357 e. The number of nitrogens with zero attached hydrogens (tertiary/aromatic N) is 2. The van der Waals surface area contributed by atoms with E-state index in [2.05, 4.69) is 50.7 Å². The highest BCUT2D eigenvalue weighted by Crippen LogP contribution is 2.14. The fourth-order valence-electron chi connectivity index (χ4n) is 2.95. The van der Waals surface area contributed by atoms with Gasteiger partial charge in [-0.3, -0.25) is 4.90 Å². The van der Waals surface area contributed by atoms with Crippen molar-refractivity contribution in [3.05, 3.63) is 35.4 Å². The summed E-state index contributed by atoms with van der Waals surface area (Å²) in [5.41, 5.74) is 2.61. The van der Waals surface area contributed by atoms with Gasteiger partial charge in [-0.25, -0.2) is 4.99 Å². The van der Waals surface area contributed by atoms with E-state index in [1.54, 1.807) is 0 Å². The number of guanidine groups is 1. The molecule has 0 aliphatic carbocycles. The Labute approximate surface area is 146 Å². The van der Waals surface area contributed by atoms with Crippen molar-refractivity contribution in [1.29, 1.82) is 0 Å². The van der Waals surface area contributed by atoms with Crippen LogP contribution in [0.15, 0.2) is 29.3 Å². The van der Waals surface area contributed by atoms with E-state index in [0.29, 0.717) is 13.1 Å². The number of rotatable bonds is 6. The van der Waals surface area contributed by atoms with E-state index in [0.717, 1.165) is 19.0 Å². The summed E-state index contributed by atoms with van der Waals surface area (Å²) in [5, 5.41) is 6.30. The molecule has 1 saturated heterocycles. The quantitative estimate of drug-likeness (QED) is 0.480. The lowest BCUT2D eigenvalue weighted by Gasteiger charge is -2.19. The van der Waals surface area contributed by atoms with Gasteiger partial charge in [0.2, 0.25) is 0 Å². The lowest BCUT2D eigenvalue weighted by atomic mass is 10.1. The average Bonchev–Trinajstić information content (AvgIpc) is 2.87. The van der Waals surface area contributed by atoms with Gasteiger partial charge in [-0.05, 0) is 44.0 Å². The molecule has 0 aromatic heterocycles. The molecule has 0 amide bonds. The van der Waals surface area contributed by atoms with Crippen LogP contribution < -0.4 is 10.6 Å². The predicted molar refractivity (Wildman–Crippen MR) is 102 cm³/mol. The van der Waals surface area contributed by atoms with Gasteiger partial charge >= 0.3 is 0 Å². The van der Waals surface area contributed by atoms with Crippen LogP contribution >= 0.6 is 0 Å². The van der Waals surface area contributed by atoms with Crippen molar-refractivity contribution in [1.82, 2.24) is 15.5 Å². The van der Waals surface area contributed by atoms with Crippen LogP contribution in [0.2, 0.25) is 0 Å². The van der Waals surface area contributed by atoms with Crippen molar-refractivity contribution in [3.63, 3.8) is 0 Å². The maximum Gasteiger partial charge on any atom is 0.192 e. The Morgan fingerprint density at radius 3 is 2.38 bits per heavy atom. The van der Waals surface area contributed by atoms with Crippen LogP contribution in [0.3, 0.4) is 0 Å². The molecule has 1 heterocycles. The molecule has 0 radical (unpaired) electrons. The van der Waals surface area contributed by atoms with Crippen molar-refractivity contribution in [3.8, 4) is 12.3 Å². The molecular weight excluding hydrogens is 296 g/mol. The summed E-state index contributed by atoms with van der Waals surface area (Å²) in [5.74, 6) is 3.34. The molecule has 0 atom stereocenters. The predicted octanol–water partition coefficient (Wildman–Crippen LogP) is 2.75. The Morgan fingerprint density at radius 1 is 1.08 bits per heavy atom. The van der Waals surface area contributed by atoms with E-state index in [1.165, 1.54) is 49.9 Å². The summed E-state index contributed by atoms with van der Waals surface area (Å²) in [6.07, 6.45) is 10.7. The van der Waals surface area contributed by atoms with Crippen molar-refractivity contribution in [2.24, 2.45) is 4.99 Å². The van der Waals surface area contributed by atoms with Crippen LogP contribution in [0.1, 0.15) is 43.7 Å². The summed E-state index contributed by atoms with van der Waals surface area (Å²) in [4.78, 5) is 7.14. The number of nitrogens with one attached hydrogen (secondary N) is 2. The molecule has 0 spiro atoms. The van der Waals surface area contributed by atoms with Crippen molar-refractivity contribution >= 4 is 5.96 Å². The number of benzene rings is 1. The van der Waals surface area contributed by atoms with Gasteiger partial charge < -0.3 is 10.6 Å². The molecule has 2 rings (SSSR count). The summed E-state index contributed by atoms with van der Waals surface area (Å²) < 4.78 is 0. The van der Waals surface area contributed by atoms with E-state index >= 15 is 0 Å². The second kappa shape index (κ2) is 10.7. The molecule has 1 aliphatic heterocycles. The molecule has 1 fully saturated rings. The summed E-state index contributed by atoms with van der Waals surface area (Å²) in [6.45, 7) is 7.55. The number of aliphatic imine (C=N–C) groups is 1. The summed E-state index contributed by atoms with van der Waals surface area (Å²) >= 11 is 0. The zero-order valence-electron chi connectivity index (χ0n) is 14.9. The molecule has 130 valence electrons. The van der Waals surface area contributed by atoms with E-state index in [-0.39, 0.29) is 0 Å². The van der Waals surface area contributed by atoms with Crippen LogP contribution in [0, 0.1) is 12.3 Å². The van der Waals surface area contributed by atoms with Gasteiger partial charge in [0.1, 0.15) is 0 Å². The molecular formula is C20H30N4. The molecule has 1 aromatic rings. The molecule has 0 unspecified atom stereocenters. The molecule has 1 aliphatic rings. The highest BCUT2D eigenvalue weighted by Gasteiger charge is 2.09. The molecule has 4 nitrogen and oxygen atoms in total. The number of terminal acetylenes is 1. The van der Waals surface area contributed by atoms with Gasteiger partial charge in [-0.1, -0.05) is 43.0 Å². The SMILES string of the molecule is C#CCNC(=NCc1ccc(CN2CCCCCC2)cc1)NCC. The fourth-order valence-corrected chi connectivity index (χ4v) is 2.95. The standard InChI is InChI=1S/C20H30N4/c1-3-13-22-20(21-4-2)23-16-18-9-11-19(12-10-18)17-24-14-7-5-6-8-15-24/h1,9-12H,4-8,13-17H2,2H3,(H2,21,22,23). The first-order valence-corrected chi connectivity index (χ1v) is 9.07. The minimum absolute atomic E-state index is 0.487. The number of likely N-dealkylation sites (tertiary alicyclic amines) is 1. The Bertz CT molecular complexity index is 534. The zero-order chi connectivity index (χ0) is 17.0. The van der Waals surface area contributed by atoms with Gasteiger partial charge in [0.05, 0.1) is 13.1 Å². The number of hydrogen-bond donors (Lipinski definition) is 2. The molecule has 2 N–H and O–H groups in total. The second-order valence-electron chi connectivity index (χ2n) is 6.26. The smallest absolute Gasteiger partial charge is 0.192 e. The first-order chi connectivity index (χ1) is 11.8. The summed E-state index contributed by atoms with van der Waals surface area (Å²) in [7, 11) is 0. The highest BCUT2D eigenvalue weighted by atomic mass is 15.2. The van der Waals surface area contributed by atoms with Crippen LogP contribution in [0.25, 0.3) is 0 Å². The molecule has 1 aromatic carbocycles. The third-order valence-electron chi connectivity index (χ3n) is 4.25. The minimum atomic E-state index is 0.487. The third kappa shape index (κ3) is 6.64. The summed E-state index contributed by atoms with van der Waals surface area (Å²) in [6, 6.07) is 8.83. The molecule has 4 heteroatoms. The Kier molecular flexibility index (Phi) is 8.20. The molecule has 0 saturated carbocycles. The van der Waals surface area contributed by atoms with E-state index < -0.39 is 0 Å². The topological polar surface area (TPSA) is 39.7 Å². The maximum absolute atomic E-state index is 5.28. The van der Waals surface area contributed by atoms with Crippen LogP contribution in [0.4, 0.5) is 0 Å². The minimum Gasteiger partial charge on any atom is -0.357 e. The van der Waals surface area contributed by atoms with E-state index in [4.69, 9.17) is 6.42 Å². The van der Waals surface area contributed by atoms with Crippen LogP contribution in [-0.2, 0) is 13.1 Å². The van der Waals surface area contributed by atoms with Gasteiger partial charge in [0.25, 0.3) is 0 Å². The van der Waals surface area contributed by atoms with Gasteiger partial charge in [-0.15, -0.1) is 6.42 Å². The normalized spacial score (nSPS) is 16.2. The monoisotopic (exact) mass is 326 g/mol. The Hall–Kier alpha value is -1.99. The zero-order valence-corrected chi connectivity index (χ0v) is 14.9. The number of hydrogen-bond acceptors (Lipinski definition) is 2. The van der Waals surface area contributed by atoms with E-state index in [1.807, 2.05) is 6.92 Å².